The number of rotatable bonds is 6. The molecule has 0 spiro atoms. The number of hydrogen-bond donors (Lipinski definition) is 3. The Hall–Kier alpha value is -1.75. The number of benzene rings is 1. The largest absolute Gasteiger partial charge is 0.350 e. The van der Waals surface area contributed by atoms with Gasteiger partial charge in [-0.2, -0.15) is 0 Å². The van der Waals surface area contributed by atoms with Crippen molar-refractivity contribution in [2.75, 3.05) is 6.54 Å². The molecule has 0 bridgehead atoms. The van der Waals surface area contributed by atoms with E-state index in [2.05, 4.69) is 5.32 Å². The highest BCUT2D eigenvalue weighted by molar-refractivity contribution is 7.89. The molecule has 1 aromatic rings. The molecule has 5 N–H and O–H groups in total. The summed E-state index contributed by atoms with van der Waals surface area (Å²) in [5.74, 6) is -0.242. The van der Waals surface area contributed by atoms with Crippen LogP contribution in [0, 0.1) is 23.0 Å². The Kier molecular flexibility index (Phi) is 6.28. The van der Waals surface area contributed by atoms with Gasteiger partial charge >= 0.3 is 0 Å². The standard InChI is InChI=1S/C13H18N4O5S.ClH/c1-7-10(13(18)16-6-11(14)8-2-3-8)4-9(23(15,21)22)5-12(7)17(19)20;/h4-5,8,11H,2-3,6,14H2,1H3,(H,16,18)(H2,15,21,22);1H. The number of sulfonamides is 1. The summed E-state index contributed by atoms with van der Waals surface area (Å²) in [6, 6.07) is 1.70. The monoisotopic (exact) mass is 378 g/mol. The van der Waals surface area contributed by atoms with Crippen LogP contribution in [0.1, 0.15) is 28.8 Å². The second kappa shape index (κ2) is 7.43. The van der Waals surface area contributed by atoms with Crippen LogP contribution in [0.15, 0.2) is 17.0 Å². The first-order valence-corrected chi connectivity index (χ1v) is 8.51. The number of carbonyl (C=O) groups is 1. The van der Waals surface area contributed by atoms with Crippen LogP contribution in [-0.2, 0) is 10.0 Å². The highest BCUT2D eigenvalue weighted by atomic mass is 35.5. The van der Waals surface area contributed by atoms with Crippen LogP contribution >= 0.6 is 12.4 Å². The molecular formula is C13H19ClN4O5S. The number of nitro benzene ring substituents is 1. The van der Waals surface area contributed by atoms with Gasteiger partial charge in [-0.15, -0.1) is 12.4 Å². The van der Waals surface area contributed by atoms with E-state index in [9.17, 15) is 23.3 Å². The van der Waals surface area contributed by atoms with Crippen LogP contribution < -0.4 is 16.2 Å². The Morgan fingerprint density at radius 1 is 1.46 bits per heavy atom. The molecule has 2 rings (SSSR count). The molecule has 0 saturated heterocycles. The zero-order chi connectivity index (χ0) is 17.4. The first kappa shape index (κ1) is 20.3. The van der Waals surface area contributed by atoms with E-state index in [4.69, 9.17) is 10.9 Å². The topological polar surface area (TPSA) is 158 Å². The lowest BCUT2D eigenvalue weighted by molar-refractivity contribution is -0.385. The number of nitrogens with two attached hydrogens (primary N) is 2. The van der Waals surface area contributed by atoms with E-state index in [1.807, 2.05) is 0 Å². The van der Waals surface area contributed by atoms with E-state index in [1.165, 1.54) is 6.92 Å². The van der Waals surface area contributed by atoms with Crippen molar-refractivity contribution in [3.63, 3.8) is 0 Å². The molecule has 9 nitrogen and oxygen atoms in total. The molecule has 11 heteroatoms. The summed E-state index contributed by atoms with van der Waals surface area (Å²) in [5, 5.41) is 18.7. The summed E-state index contributed by atoms with van der Waals surface area (Å²) >= 11 is 0. The second-order valence-electron chi connectivity index (χ2n) is 5.63. The van der Waals surface area contributed by atoms with Gasteiger partial charge < -0.3 is 11.1 Å². The molecule has 134 valence electrons. The number of primary sulfonamides is 1. The van der Waals surface area contributed by atoms with Crippen LogP contribution in [0.5, 0.6) is 0 Å². The average Bonchev–Trinajstić information content (AvgIpc) is 3.27. The van der Waals surface area contributed by atoms with Crippen LogP contribution in [0.25, 0.3) is 0 Å². The number of halogens is 1. The molecule has 0 radical (unpaired) electrons. The maximum Gasteiger partial charge on any atom is 0.274 e. The summed E-state index contributed by atoms with van der Waals surface area (Å²) in [6.07, 6.45) is 2.03. The third kappa shape index (κ3) is 4.63. The predicted molar refractivity (Wildman–Crippen MR) is 89.5 cm³/mol. The molecule has 0 aromatic heterocycles. The fraction of sp³-hybridized carbons (Fsp3) is 0.462. The van der Waals surface area contributed by atoms with Crippen molar-refractivity contribution in [2.24, 2.45) is 16.8 Å². The van der Waals surface area contributed by atoms with Gasteiger partial charge in [0.2, 0.25) is 10.0 Å². The van der Waals surface area contributed by atoms with Crippen molar-refractivity contribution in [2.45, 2.75) is 30.7 Å². The predicted octanol–water partition coefficient (Wildman–Crippen LogP) is 0.440. The van der Waals surface area contributed by atoms with Crippen LogP contribution in [0.4, 0.5) is 5.69 Å². The quantitative estimate of drug-likeness (QED) is 0.481. The zero-order valence-corrected chi connectivity index (χ0v) is 14.5. The minimum absolute atomic E-state index is 0. The van der Waals surface area contributed by atoms with Gasteiger partial charge in [-0.05, 0) is 31.7 Å². The summed E-state index contributed by atoms with van der Waals surface area (Å²) in [5.41, 5.74) is 5.37. The van der Waals surface area contributed by atoms with Gasteiger partial charge in [0.05, 0.1) is 15.4 Å². The molecule has 1 saturated carbocycles. The highest BCUT2D eigenvalue weighted by Crippen LogP contribution is 2.31. The summed E-state index contributed by atoms with van der Waals surface area (Å²) in [6.45, 7) is 1.59. The minimum Gasteiger partial charge on any atom is -0.350 e. The molecule has 0 aliphatic heterocycles. The van der Waals surface area contributed by atoms with E-state index >= 15 is 0 Å². The van der Waals surface area contributed by atoms with Gasteiger partial charge in [0, 0.05) is 24.2 Å². The maximum absolute atomic E-state index is 12.2. The molecular weight excluding hydrogens is 360 g/mol. The van der Waals surface area contributed by atoms with Gasteiger partial charge in [0.25, 0.3) is 11.6 Å². The first-order chi connectivity index (χ1) is 10.6. The first-order valence-electron chi connectivity index (χ1n) is 6.97. The molecule has 0 heterocycles. The lowest BCUT2D eigenvalue weighted by Crippen LogP contribution is -2.38. The van der Waals surface area contributed by atoms with Gasteiger partial charge in [0.15, 0.2) is 0 Å². The van der Waals surface area contributed by atoms with E-state index in [1.54, 1.807) is 0 Å². The van der Waals surface area contributed by atoms with Crippen molar-refractivity contribution in [3.8, 4) is 0 Å². The summed E-state index contributed by atoms with van der Waals surface area (Å²) in [7, 11) is -4.18. The number of nitrogens with one attached hydrogen (secondary N) is 1. The Bertz CT molecular complexity index is 764. The van der Waals surface area contributed by atoms with Crippen molar-refractivity contribution in [3.05, 3.63) is 33.4 Å². The van der Waals surface area contributed by atoms with Crippen molar-refractivity contribution < 1.29 is 18.1 Å². The Labute approximate surface area is 145 Å². The number of amides is 1. The third-order valence-corrected chi connectivity index (χ3v) is 4.74. The summed E-state index contributed by atoms with van der Waals surface area (Å²) in [4.78, 5) is 22.1. The van der Waals surface area contributed by atoms with Gasteiger partial charge in [-0.25, -0.2) is 13.6 Å². The normalized spacial score (nSPS) is 15.3. The lowest BCUT2D eigenvalue weighted by Gasteiger charge is -2.13. The highest BCUT2D eigenvalue weighted by Gasteiger charge is 2.29. The Morgan fingerprint density at radius 3 is 2.50 bits per heavy atom. The van der Waals surface area contributed by atoms with Crippen LogP contribution in [-0.4, -0.2) is 31.8 Å². The van der Waals surface area contributed by atoms with E-state index < -0.39 is 31.4 Å². The second-order valence-corrected chi connectivity index (χ2v) is 7.19. The molecule has 1 aromatic carbocycles. The summed E-state index contributed by atoms with van der Waals surface area (Å²) < 4.78 is 22.9. The van der Waals surface area contributed by atoms with Crippen molar-refractivity contribution in [1.82, 2.24) is 5.32 Å². The fourth-order valence-corrected chi connectivity index (χ4v) is 2.82. The van der Waals surface area contributed by atoms with Gasteiger partial charge in [0.1, 0.15) is 0 Å². The molecule has 1 atom stereocenters. The molecule has 24 heavy (non-hydrogen) atoms. The Balaban J connectivity index is 0.00000288. The number of nitro groups is 1. The zero-order valence-electron chi connectivity index (χ0n) is 12.9. The molecule has 1 fully saturated rings. The average molecular weight is 379 g/mol. The molecule has 1 amide bonds. The minimum atomic E-state index is -4.18. The van der Waals surface area contributed by atoms with Crippen LogP contribution in [0.2, 0.25) is 0 Å². The van der Waals surface area contributed by atoms with Crippen molar-refractivity contribution in [1.29, 1.82) is 0 Å². The molecule has 1 aliphatic carbocycles. The van der Waals surface area contributed by atoms with E-state index in [0.29, 0.717) is 5.92 Å². The smallest absolute Gasteiger partial charge is 0.274 e. The molecule has 1 aliphatic rings. The number of nitrogens with zero attached hydrogens (tertiary/aromatic N) is 1. The number of carbonyl (C=O) groups excluding carboxylic acids is 1. The maximum atomic E-state index is 12.2. The molecule has 1 unspecified atom stereocenters. The van der Waals surface area contributed by atoms with Crippen LogP contribution in [0.3, 0.4) is 0 Å². The van der Waals surface area contributed by atoms with Gasteiger partial charge in [-0.1, -0.05) is 0 Å². The fourth-order valence-electron chi connectivity index (χ4n) is 2.26. The van der Waals surface area contributed by atoms with E-state index in [-0.39, 0.29) is 36.1 Å². The van der Waals surface area contributed by atoms with Gasteiger partial charge in [-0.3, -0.25) is 14.9 Å². The SMILES string of the molecule is Cc1c(C(=O)NCC(N)C2CC2)cc(S(N)(=O)=O)cc1[N+](=O)[O-].Cl. The lowest BCUT2D eigenvalue weighted by atomic mass is 10.1. The Morgan fingerprint density at radius 2 is 2.04 bits per heavy atom. The number of hydrogen-bond acceptors (Lipinski definition) is 6. The third-order valence-electron chi connectivity index (χ3n) is 3.85. The van der Waals surface area contributed by atoms with Crippen molar-refractivity contribution >= 4 is 34.0 Å². The van der Waals surface area contributed by atoms with E-state index in [0.717, 1.165) is 25.0 Å².